The molecule has 156 valence electrons. The number of amides is 3. The third kappa shape index (κ3) is 3.82. The van der Waals surface area contributed by atoms with E-state index < -0.39 is 11.3 Å². The number of para-hydroxylation sites is 1. The molecule has 1 atom stereocenters. The predicted molar refractivity (Wildman–Crippen MR) is 117 cm³/mol. The van der Waals surface area contributed by atoms with Gasteiger partial charge >= 0.3 is 0 Å². The number of rotatable bonds is 3. The van der Waals surface area contributed by atoms with Crippen molar-refractivity contribution < 1.29 is 14.4 Å². The number of fused-ring (bicyclic) bond motifs is 1. The van der Waals surface area contributed by atoms with Gasteiger partial charge in [0.25, 0.3) is 0 Å². The van der Waals surface area contributed by atoms with E-state index in [-0.39, 0.29) is 24.1 Å². The third-order valence-electron chi connectivity index (χ3n) is 5.70. The van der Waals surface area contributed by atoms with Gasteiger partial charge in [0.05, 0.1) is 5.92 Å². The number of nitrogens with one attached hydrogen (secondary N) is 1. The Kier molecular flexibility index (Phi) is 5.10. The van der Waals surface area contributed by atoms with Crippen LogP contribution in [0, 0.1) is 11.3 Å². The minimum Gasteiger partial charge on any atom is -0.326 e. The van der Waals surface area contributed by atoms with E-state index in [1.807, 2.05) is 69.3 Å². The van der Waals surface area contributed by atoms with Gasteiger partial charge in [-0.15, -0.1) is 0 Å². The summed E-state index contributed by atoms with van der Waals surface area (Å²) in [6, 6.07) is 15.1. The van der Waals surface area contributed by atoms with Gasteiger partial charge in [-0.2, -0.15) is 0 Å². The van der Waals surface area contributed by atoms with Crippen LogP contribution in [0.5, 0.6) is 0 Å². The molecule has 1 saturated heterocycles. The second-order valence-corrected chi connectivity index (χ2v) is 9.03. The molecule has 4 rings (SSSR count). The summed E-state index contributed by atoms with van der Waals surface area (Å²) in [5.41, 5.74) is 2.97. The molecule has 2 aliphatic heterocycles. The first-order valence-corrected chi connectivity index (χ1v) is 10.4. The summed E-state index contributed by atoms with van der Waals surface area (Å²) in [6.07, 6.45) is 1.01. The Morgan fingerprint density at radius 3 is 2.50 bits per heavy atom. The molecule has 2 aromatic rings. The molecule has 1 fully saturated rings. The molecule has 0 aliphatic carbocycles. The Morgan fingerprint density at radius 1 is 1.07 bits per heavy atom. The summed E-state index contributed by atoms with van der Waals surface area (Å²) in [7, 11) is 0. The first kappa shape index (κ1) is 20.1. The van der Waals surface area contributed by atoms with Gasteiger partial charge in [0.2, 0.25) is 17.7 Å². The van der Waals surface area contributed by atoms with Gasteiger partial charge in [0.15, 0.2) is 0 Å². The second kappa shape index (κ2) is 7.59. The van der Waals surface area contributed by atoms with Gasteiger partial charge in [-0.3, -0.25) is 14.4 Å². The van der Waals surface area contributed by atoms with E-state index in [4.69, 9.17) is 0 Å². The fourth-order valence-corrected chi connectivity index (χ4v) is 4.06. The molecule has 3 amide bonds. The molecular weight excluding hydrogens is 378 g/mol. The minimum atomic E-state index is -0.466. The lowest BCUT2D eigenvalue weighted by molar-refractivity contribution is -0.125. The number of hydrogen-bond acceptors (Lipinski definition) is 3. The van der Waals surface area contributed by atoms with E-state index >= 15 is 0 Å². The van der Waals surface area contributed by atoms with Gasteiger partial charge in [0.1, 0.15) is 0 Å². The summed E-state index contributed by atoms with van der Waals surface area (Å²) in [4.78, 5) is 41.5. The van der Waals surface area contributed by atoms with Crippen molar-refractivity contribution >= 4 is 34.8 Å². The van der Waals surface area contributed by atoms with Crippen LogP contribution in [0.3, 0.4) is 0 Å². The highest BCUT2D eigenvalue weighted by atomic mass is 16.2. The van der Waals surface area contributed by atoms with Gasteiger partial charge < -0.3 is 15.1 Å². The lowest BCUT2D eigenvalue weighted by Crippen LogP contribution is -2.38. The molecule has 2 aliphatic rings. The van der Waals surface area contributed by atoms with Crippen molar-refractivity contribution in [2.45, 2.75) is 33.6 Å². The number of anilines is 3. The van der Waals surface area contributed by atoms with Gasteiger partial charge in [-0.1, -0.05) is 45.0 Å². The van der Waals surface area contributed by atoms with Crippen LogP contribution in [-0.4, -0.2) is 30.8 Å². The van der Waals surface area contributed by atoms with Crippen molar-refractivity contribution in [3.63, 3.8) is 0 Å². The van der Waals surface area contributed by atoms with E-state index in [1.165, 1.54) is 0 Å². The summed E-state index contributed by atoms with van der Waals surface area (Å²) >= 11 is 0. The fraction of sp³-hybridized carbons (Fsp3) is 0.375. The molecule has 0 bridgehead atoms. The van der Waals surface area contributed by atoms with Crippen LogP contribution in [0.25, 0.3) is 0 Å². The average Bonchev–Trinajstić information content (AvgIpc) is 3.30. The quantitative estimate of drug-likeness (QED) is 0.848. The standard InChI is InChI=1S/C24H27N3O3/c1-24(2,3)23(30)26-12-11-16-9-10-18(14-20(16)26)25-22(29)17-13-21(28)27(15-17)19-7-5-4-6-8-19/h4-10,14,17H,11-13,15H2,1-3H3,(H,25,29). The SMILES string of the molecule is CC(C)(C)C(=O)N1CCc2ccc(NC(=O)C3CC(=O)N(c4ccccc4)C3)cc21. The molecule has 0 spiro atoms. The fourth-order valence-electron chi connectivity index (χ4n) is 4.06. The molecule has 1 unspecified atom stereocenters. The Balaban J connectivity index is 1.47. The van der Waals surface area contributed by atoms with Gasteiger partial charge in [-0.25, -0.2) is 0 Å². The highest BCUT2D eigenvalue weighted by molar-refractivity contribution is 6.04. The first-order chi connectivity index (χ1) is 14.2. The number of carbonyl (C=O) groups is 3. The zero-order valence-electron chi connectivity index (χ0n) is 17.6. The number of benzene rings is 2. The molecule has 6 nitrogen and oxygen atoms in total. The Hall–Kier alpha value is -3.15. The highest BCUT2D eigenvalue weighted by Gasteiger charge is 2.36. The van der Waals surface area contributed by atoms with Crippen molar-refractivity contribution in [3.05, 3.63) is 54.1 Å². The second-order valence-electron chi connectivity index (χ2n) is 9.03. The van der Waals surface area contributed by atoms with Gasteiger partial charge in [-0.05, 0) is 36.2 Å². The van der Waals surface area contributed by atoms with Crippen LogP contribution >= 0.6 is 0 Å². The average molecular weight is 405 g/mol. The molecule has 1 N–H and O–H groups in total. The summed E-state index contributed by atoms with van der Waals surface area (Å²) in [6.45, 7) is 6.76. The van der Waals surface area contributed by atoms with Crippen molar-refractivity contribution in [2.24, 2.45) is 11.3 Å². The Bertz CT molecular complexity index is 995. The zero-order chi connectivity index (χ0) is 21.5. The van der Waals surface area contributed by atoms with Crippen LogP contribution in [-0.2, 0) is 20.8 Å². The summed E-state index contributed by atoms with van der Waals surface area (Å²) in [5.74, 6) is -0.548. The van der Waals surface area contributed by atoms with Crippen molar-refractivity contribution in [3.8, 4) is 0 Å². The van der Waals surface area contributed by atoms with Gasteiger partial charge in [0, 0.05) is 42.0 Å². The van der Waals surface area contributed by atoms with Crippen LogP contribution in [0.1, 0.15) is 32.8 Å². The predicted octanol–water partition coefficient (Wildman–Crippen LogP) is 3.61. The molecular formula is C24H27N3O3. The molecule has 6 heteroatoms. The first-order valence-electron chi connectivity index (χ1n) is 10.4. The maximum atomic E-state index is 12.8. The number of hydrogen-bond donors (Lipinski definition) is 1. The molecule has 2 aromatic carbocycles. The van der Waals surface area contributed by atoms with Crippen molar-refractivity contribution in [2.75, 3.05) is 28.2 Å². The topological polar surface area (TPSA) is 69.7 Å². The molecule has 30 heavy (non-hydrogen) atoms. The Morgan fingerprint density at radius 2 is 1.80 bits per heavy atom. The molecule has 0 radical (unpaired) electrons. The monoisotopic (exact) mass is 405 g/mol. The van der Waals surface area contributed by atoms with E-state index in [2.05, 4.69) is 5.32 Å². The summed E-state index contributed by atoms with van der Waals surface area (Å²) < 4.78 is 0. The third-order valence-corrected chi connectivity index (χ3v) is 5.70. The molecule has 0 aromatic heterocycles. The lowest BCUT2D eigenvalue weighted by Gasteiger charge is -2.26. The van der Waals surface area contributed by atoms with Crippen LogP contribution in [0.2, 0.25) is 0 Å². The highest BCUT2D eigenvalue weighted by Crippen LogP contribution is 2.34. The minimum absolute atomic E-state index is 0.0442. The zero-order valence-corrected chi connectivity index (χ0v) is 17.6. The summed E-state index contributed by atoms with van der Waals surface area (Å²) in [5, 5.41) is 2.95. The maximum absolute atomic E-state index is 12.8. The lowest BCUT2D eigenvalue weighted by atomic mass is 9.94. The largest absolute Gasteiger partial charge is 0.326 e. The van der Waals surface area contributed by atoms with Crippen molar-refractivity contribution in [1.29, 1.82) is 0 Å². The van der Waals surface area contributed by atoms with E-state index in [9.17, 15) is 14.4 Å². The molecule has 2 heterocycles. The number of carbonyl (C=O) groups excluding carboxylic acids is 3. The van der Waals surface area contributed by atoms with E-state index in [1.54, 1.807) is 9.80 Å². The normalized spacial score (nSPS) is 18.5. The smallest absolute Gasteiger partial charge is 0.232 e. The number of nitrogens with zero attached hydrogens (tertiary/aromatic N) is 2. The van der Waals surface area contributed by atoms with Crippen LogP contribution in [0.4, 0.5) is 17.1 Å². The van der Waals surface area contributed by atoms with Crippen LogP contribution < -0.4 is 15.1 Å². The Labute approximate surface area is 176 Å². The van der Waals surface area contributed by atoms with Crippen LogP contribution in [0.15, 0.2) is 48.5 Å². The van der Waals surface area contributed by atoms with E-state index in [0.29, 0.717) is 18.8 Å². The van der Waals surface area contributed by atoms with Crippen molar-refractivity contribution in [1.82, 2.24) is 0 Å². The maximum Gasteiger partial charge on any atom is 0.232 e. The molecule has 0 saturated carbocycles. The van der Waals surface area contributed by atoms with E-state index in [0.717, 1.165) is 23.4 Å².